The second-order valence-corrected chi connectivity index (χ2v) is 3.98. The van der Waals surface area contributed by atoms with Gasteiger partial charge in [-0.15, -0.1) is 24.8 Å². The summed E-state index contributed by atoms with van der Waals surface area (Å²) in [5.41, 5.74) is 0. The number of hydrogen-bond donors (Lipinski definition) is 2. The maximum absolute atomic E-state index is 12.5. The molecular weight excluding hydrogens is 280 g/mol. The first-order valence-corrected chi connectivity index (χ1v) is 5.36. The molecule has 1 aliphatic carbocycles. The van der Waals surface area contributed by atoms with Gasteiger partial charge in [0.2, 0.25) is 5.91 Å². The average molecular weight is 296 g/mol. The number of halogens is 3. The normalized spacial score (nSPS) is 13.2. The second-order valence-electron chi connectivity index (χ2n) is 3.98. The molecule has 0 aliphatic heterocycles. The van der Waals surface area contributed by atoms with Crippen LogP contribution in [0.25, 0.3) is 0 Å². The Kier molecular flexibility index (Phi) is 7.82. The third-order valence-electron chi connectivity index (χ3n) is 2.41. The third-order valence-corrected chi connectivity index (χ3v) is 2.41. The number of nitrogens with zero attached hydrogens (tertiary/aromatic N) is 1. The van der Waals surface area contributed by atoms with E-state index in [1.165, 1.54) is 25.0 Å². The zero-order valence-electron chi connectivity index (χ0n) is 9.69. The monoisotopic (exact) mass is 295 g/mol. The molecule has 0 saturated heterocycles. The lowest BCUT2D eigenvalue weighted by Gasteiger charge is -2.05. The van der Waals surface area contributed by atoms with Gasteiger partial charge in [-0.3, -0.25) is 4.79 Å². The van der Waals surface area contributed by atoms with E-state index in [1.54, 1.807) is 0 Å². The van der Waals surface area contributed by atoms with Gasteiger partial charge in [-0.25, -0.2) is 9.37 Å². The number of carbonyl (C=O) groups excluding carboxylic acids is 1. The Balaban J connectivity index is 0.00000144. The molecule has 1 aromatic heterocycles. The highest BCUT2D eigenvalue weighted by atomic mass is 35.5. The Morgan fingerprint density at radius 1 is 1.39 bits per heavy atom. The Morgan fingerprint density at radius 3 is 2.67 bits per heavy atom. The molecule has 1 amide bonds. The van der Waals surface area contributed by atoms with Gasteiger partial charge in [-0.1, -0.05) is 0 Å². The fourth-order valence-electron chi connectivity index (χ4n) is 1.35. The van der Waals surface area contributed by atoms with E-state index in [9.17, 15) is 9.18 Å². The summed E-state index contributed by atoms with van der Waals surface area (Å²) in [5.74, 6) is 0.556. The highest BCUT2D eigenvalue weighted by Crippen LogP contribution is 2.27. The molecule has 1 aromatic rings. The molecule has 102 valence electrons. The van der Waals surface area contributed by atoms with Crippen LogP contribution in [0.4, 0.5) is 10.2 Å². The fourth-order valence-corrected chi connectivity index (χ4v) is 1.35. The van der Waals surface area contributed by atoms with Crippen LogP contribution in [-0.2, 0) is 4.79 Å². The molecule has 1 saturated carbocycles. The van der Waals surface area contributed by atoms with Crippen LogP contribution < -0.4 is 10.6 Å². The smallest absolute Gasteiger partial charge is 0.239 e. The van der Waals surface area contributed by atoms with E-state index in [4.69, 9.17) is 0 Å². The van der Waals surface area contributed by atoms with Crippen molar-refractivity contribution in [2.45, 2.75) is 12.8 Å². The first-order chi connectivity index (χ1) is 7.74. The van der Waals surface area contributed by atoms with Crippen LogP contribution >= 0.6 is 24.8 Å². The number of carbonyl (C=O) groups is 1. The van der Waals surface area contributed by atoms with Crippen molar-refractivity contribution in [3.8, 4) is 0 Å². The largest absolute Gasteiger partial charge is 0.310 e. The minimum atomic E-state index is -0.412. The fraction of sp³-hybridized carbons (Fsp3) is 0.455. The van der Waals surface area contributed by atoms with E-state index >= 15 is 0 Å². The molecule has 2 rings (SSSR count). The van der Waals surface area contributed by atoms with Crippen LogP contribution in [0.1, 0.15) is 12.8 Å². The van der Waals surface area contributed by atoms with Crippen molar-refractivity contribution < 1.29 is 9.18 Å². The SMILES string of the molecule is Cl.Cl.O=C(CNCC1CC1)Nc1ccc(F)cn1. The minimum Gasteiger partial charge on any atom is -0.310 e. The van der Waals surface area contributed by atoms with Crippen molar-refractivity contribution in [2.24, 2.45) is 5.92 Å². The molecule has 0 atom stereocenters. The standard InChI is InChI=1S/C11H14FN3O.2ClH/c12-9-3-4-10(14-6-9)15-11(16)7-13-5-8-1-2-8;;/h3-4,6,8,13H,1-2,5,7H2,(H,14,15,16);2*1H. The average Bonchev–Trinajstić information content (AvgIpc) is 3.05. The maximum Gasteiger partial charge on any atom is 0.239 e. The predicted molar refractivity (Wildman–Crippen MR) is 72.9 cm³/mol. The number of nitrogens with one attached hydrogen (secondary N) is 2. The number of anilines is 1. The summed E-state index contributed by atoms with van der Waals surface area (Å²) in [6, 6.07) is 2.70. The number of rotatable bonds is 5. The van der Waals surface area contributed by atoms with Crippen LogP contribution in [0, 0.1) is 11.7 Å². The topological polar surface area (TPSA) is 54.0 Å². The highest BCUT2D eigenvalue weighted by Gasteiger charge is 2.20. The van der Waals surface area contributed by atoms with Crippen molar-refractivity contribution in [1.29, 1.82) is 0 Å². The molecule has 0 unspecified atom stereocenters. The van der Waals surface area contributed by atoms with Crippen molar-refractivity contribution >= 4 is 36.5 Å². The second kappa shape index (κ2) is 8.24. The minimum absolute atomic E-state index is 0. The van der Waals surface area contributed by atoms with Gasteiger partial charge < -0.3 is 10.6 Å². The quantitative estimate of drug-likeness (QED) is 0.874. The van der Waals surface area contributed by atoms with Gasteiger partial charge in [0.15, 0.2) is 0 Å². The van der Waals surface area contributed by atoms with Crippen molar-refractivity contribution in [3.63, 3.8) is 0 Å². The van der Waals surface area contributed by atoms with E-state index in [0.717, 1.165) is 18.7 Å². The number of aromatic nitrogens is 1. The Bertz CT molecular complexity index is 371. The first kappa shape index (κ1) is 17.1. The lowest BCUT2D eigenvalue weighted by molar-refractivity contribution is -0.115. The van der Waals surface area contributed by atoms with Crippen molar-refractivity contribution in [3.05, 3.63) is 24.1 Å². The van der Waals surface area contributed by atoms with Crippen LogP contribution in [0.2, 0.25) is 0 Å². The molecule has 2 N–H and O–H groups in total. The molecule has 18 heavy (non-hydrogen) atoms. The molecule has 0 bridgehead atoms. The van der Waals surface area contributed by atoms with Gasteiger partial charge in [0.05, 0.1) is 12.7 Å². The summed E-state index contributed by atoms with van der Waals surface area (Å²) in [7, 11) is 0. The molecule has 1 fully saturated rings. The summed E-state index contributed by atoms with van der Waals surface area (Å²) < 4.78 is 12.5. The Hall–Kier alpha value is -0.910. The lowest BCUT2D eigenvalue weighted by Crippen LogP contribution is -2.29. The molecule has 0 spiro atoms. The summed E-state index contributed by atoms with van der Waals surface area (Å²) in [4.78, 5) is 15.1. The van der Waals surface area contributed by atoms with E-state index in [-0.39, 0.29) is 37.3 Å². The van der Waals surface area contributed by atoms with Gasteiger partial charge in [0.25, 0.3) is 0 Å². The van der Waals surface area contributed by atoms with Gasteiger partial charge in [0.1, 0.15) is 11.6 Å². The highest BCUT2D eigenvalue weighted by molar-refractivity contribution is 5.91. The zero-order valence-corrected chi connectivity index (χ0v) is 11.3. The van der Waals surface area contributed by atoms with Crippen LogP contribution in [-0.4, -0.2) is 24.0 Å². The van der Waals surface area contributed by atoms with Gasteiger partial charge in [0, 0.05) is 0 Å². The van der Waals surface area contributed by atoms with Crippen molar-refractivity contribution in [2.75, 3.05) is 18.4 Å². The van der Waals surface area contributed by atoms with Crippen LogP contribution in [0.5, 0.6) is 0 Å². The molecule has 7 heteroatoms. The Labute approximate surface area is 118 Å². The first-order valence-electron chi connectivity index (χ1n) is 5.36. The van der Waals surface area contributed by atoms with Crippen LogP contribution in [0.3, 0.4) is 0 Å². The van der Waals surface area contributed by atoms with Crippen molar-refractivity contribution in [1.82, 2.24) is 10.3 Å². The number of amides is 1. The molecule has 0 aromatic carbocycles. The molecule has 0 radical (unpaired) electrons. The van der Waals surface area contributed by atoms with E-state index in [2.05, 4.69) is 15.6 Å². The lowest BCUT2D eigenvalue weighted by atomic mass is 10.4. The van der Waals surface area contributed by atoms with E-state index in [0.29, 0.717) is 5.82 Å². The summed E-state index contributed by atoms with van der Waals surface area (Å²) in [6.45, 7) is 1.17. The third kappa shape index (κ3) is 6.14. The summed E-state index contributed by atoms with van der Waals surface area (Å²) in [5, 5.41) is 5.65. The zero-order chi connectivity index (χ0) is 11.4. The molecule has 4 nitrogen and oxygen atoms in total. The van der Waals surface area contributed by atoms with Gasteiger partial charge in [-0.2, -0.15) is 0 Å². The number of pyridine rings is 1. The predicted octanol–water partition coefficient (Wildman–Crippen LogP) is 2.00. The van der Waals surface area contributed by atoms with E-state index < -0.39 is 5.82 Å². The van der Waals surface area contributed by atoms with Gasteiger partial charge in [-0.05, 0) is 37.4 Å². The Morgan fingerprint density at radius 2 is 2.11 bits per heavy atom. The molecule has 1 aliphatic rings. The van der Waals surface area contributed by atoms with E-state index in [1.807, 2.05) is 0 Å². The summed E-state index contributed by atoms with van der Waals surface area (Å²) >= 11 is 0. The van der Waals surface area contributed by atoms with Crippen LogP contribution in [0.15, 0.2) is 18.3 Å². The molecular formula is C11H16Cl2FN3O. The maximum atomic E-state index is 12.5. The number of hydrogen-bond acceptors (Lipinski definition) is 3. The van der Waals surface area contributed by atoms with Gasteiger partial charge >= 0.3 is 0 Å². The summed E-state index contributed by atoms with van der Waals surface area (Å²) in [6.07, 6.45) is 3.59. The molecule has 1 heterocycles.